The number of carbonyl (C=O) groups excluding carboxylic acids is 1. The molecule has 1 aromatic heterocycles. The number of hydrogen-bond acceptors (Lipinski definition) is 3. The molecule has 0 aliphatic rings. The number of aromatic nitrogens is 1. The normalized spacial score (nSPS) is 12.3. The van der Waals surface area contributed by atoms with Crippen LogP contribution >= 0.6 is 11.8 Å². The van der Waals surface area contributed by atoms with Crippen molar-refractivity contribution in [3.63, 3.8) is 0 Å². The number of amides is 1. The number of nitrogens with one attached hydrogen (secondary N) is 1. The fraction of sp³-hybridized carbons (Fsp3) is 0.333. The van der Waals surface area contributed by atoms with E-state index in [1.165, 1.54) is 0 Å². The lowest BCUT2D eigenvalue weighted by molar-refractivity contribution is -0.139. The fourth-order valence-electron chi connectivity index (χ4n) is 2.23. The topological polar surface area (TPSA) is 71.3 Å². The van der Waals surface area contributed by atoms with Gasteiger partial charge in [0.1, 0.15) is 11.7 Å². The Balaban J connectivity index is 2.21. The second-order valence-electron chi connectivity index (χ2n) is 4.79. The molecule has 21 heavy (non-hydrogen) atoms. The van der Waals surface area contributed by atoms with Crippen molar-refractivity contribution in [1.29, 1.82) is 0 Å². The molecule has 0 saturated heterocycles. The van der Waals surface area contributed by atoms with Crippen LogP contribution in [0, 0.1) is 0 Å². The summed E-state index contributed by atoms with van der Waals surface area (Å²) in [6, 6.07) is 8.58. The van der Waals surface area contributed by atoms with E-state index < -0.39 is 12.0 Å². The van der Waals surface area contributed by atoms with E-state index in [1.807, 2.05) is 30.5 Å². The third kappa shape index (κ3) is 3.39. The number of fused-ring (bicyclic) bond motifs is 1. The number of nitrogens with zero attached hydrogens (tertiary/aromatic N) is 1. The van der Waals surface area contributed by atoms with Crippen LogP contribution in [0.1, 0.15) is 16.9 Å². The van der Waals surface area contributed by atoms with Crippen molar-refractivity contribution in [1.82, 2.24) is 9.88 Å². The summed E-state index contributed by atoms with van der Waals surface area (Å²) in [4.78, 5) is 23.5. The zero-order chi connectivity index (χ0) is 15.4. The first-order chi connectivity index (χ1) is 10.0. The molecule has 112 valence electrons. The number of hydrogen-bond donors (Lipinski definition) is 2. The van der Waals surface area contributed by atoms with Gasteiger partial charge in [-0.1, -0.05) is 18.2 Å². The highest BCUT2D eigenvalue weighted by Crippen LogP contribution is 2.18. The Morgan fingerprint density at radius 1 is 1.38 bits per heavy atom. The van der Waals surface area contributed by atoms with Crippen LogP contribution in [0.5, 0.6) is 0 Å². The Hall–Kier alpha value is -1.95. The lowest BCUT2D eigenvalue weighted by Crippen LogP contribution is -2.41. The maximum Gasteiger partial charge on any atom is 0.326 e. The summed E-state index contributed by atoms with van der Waals surface area (Å²) < 4.78 is 1.78. The molecule has 0 bridgehead atoms. The van der Waals surface area contributed by atoms with Gasteiger partial charge in [0.2, 0.25) is 0 Å². The first-order valence-corrected chi connectivity index (χ1v) is 8.01. The standard InChI is InChI=1S/C15H18N2O3S/c1-17-12-6-4-3-5-10(12)9-13(17)14(18)16-11(15(19)20)7-8-21-2/h3-6,9,11H,7-8H2,1-2H3,(H,16,18)(H,19,20). The molecular formula is C15H18N2O3S. The van der Waals surface area contributed by atoms with Gasteiger partial charge < -0.3 is 15.0 Å². The van der Waals surface area contributed by atoms with Gasteiger partial charge >= 0.3 is 5.97 Å². The number of carboxylic acid groups (broad SMARTS) is 1. The highest BCUT2D eigenvalue weighted by Gasteiger charge is 2.22. The smallest absolute Gasteiger partial charge is 0.326 e. The first-order valence-electron chi connectivity index (χ1n) is 6.61. The maximum absolute atomic E-state index is 12.3. The van der Waals surface area contributed by atoms with Crippen molar-refractivity contribution >= 4 is 34.5 Å². The van der Waals surface area contributed by atoms with Crippen LogP contribution in [0.3, 0.4) is 0 Å². The molecule has 1 atom stereocenters. The molecule has 1 heterocycles. The Kier molecular flexibility index (Phi) is 4.90. The van der Waals surface area contributed by atoms with E-state index in [1.54, 1.807) is 29.4 Å². The minimum absolute atomic E-state index is 0.359. The second-order valence-corrected chi connectivity index (χ2v) is 5.78. The minimum Gasteiger partial charge on any atom is -0.480 e. The summed E-state index contributed by atoms with van der Waals surface area (Å²) in [6.07, 6.45) is 2.32. The number of rotatable bonds is 6. The molecular weight excluding hydrogens is 288 g/mol. The lowest BCUT2D eigenvalue weighted by atomic mass is 10.2. The monoisotopic (exact) mass is 306 g/mol. The number of carboxylic acids is 1. The van der Waals surface area contributed by atoms with Gasteiger partial charge in [0, 0.05) is 18.0 Å². The molecule has 0 fully saturated rings. The average molecular weight is 306 g/mol. The average Bonchev–Trinajstić information content (AvgIpc) is 2.81. The van der Waals surface area contributed by atoms with Crippen LogP contribution in [0.2, 0.25) is 0 Å². The molecule has 2 N–H and O–H groups in total. The number of aryl methyl sites for hydroxylation is 1. The van der Waals surface area contributed by atoms with Crippen LogP contribution in [0.4, 0.5) is 0 Å². The molecule has 2 rings (SSSR count). The molecule has 0 radical (unpaired) electrons. The third-order valence-corrected chi connectivity index (χ3v) is 4.04. The van der Waals surface area contributed by atoms with Gasteiger partial charge in [0.05, 0.1) is 0 Å². The summed E-state index contributed by atoms with van der Waals surface area (Å²) in [5.41, 5.74) is 1.41. The number of para-hydroxylation sites is 1. The van der Waals surface area contributed by atoms with Gasteiger partial charge in [-0.15, -0.1) is 0 Å². The molecule has 2 aromatic rings. The Morgan fingerprint density at radius 3 is 2.71 bits per heavy atom. The fourth-order valence-corrected chi connectivity index (χ4v) is 2.70. The van der Waals surface area contributed by atoms with Gasteiger partial charge in [0.25, 0.3) is 5.91 Å². The summed E-state index contributed by atoms with van der Waals surface area (Å²) in [6.45, 7) is 0. The Labute approximate surface area is 127 Å². The summed E-state index contributed by atoms with van der Waals surface area (Å²) in [7, 11) is 1.80. The highest BCUT2D eigenvalue weighted by molar-refractivity contribution is 7.98. The van der Waals surface area contributed by atoms with Gasteiger partial charge in [-0.25, -0.2) is 4.79 Å². The molecule has 0 aliphatic carbocycles. The predicted octanol–water partition coefficient (Wildman–Crippen LogP) is 2.11. The van der Waals surface area contributed by atoms with E-state index in [9.17, 15) is 14.7 Å². The largest absolute Gasteiger partial charge is 0.480 e. The van der Waals surface area contributed by atoms with Crippen LogP contribution in [0.25, 0.3) is 10.9 Å². The Bertz CT molecular complexity index is 666. The molecule has 1 aromatic carbocycles. The van der Waals surface area contributed by atoms with Crippen molar-refractivity contribution in [2.24, 2.45) is 7.05 Å². The van der Waals surface area contributed by atoms with Crippen molar-refractivity contribution in [2.75, 3.05) is 12.0 Å². The minimum atomic E-state index is -1.00. The molecule has 1 amide bonds. The predicted molar refractivity (Wildman–Crippen MR) is 84.8 cm³/mol. The van der Waals surface area contributed by atoms with Crippen molar-refractivity contribution in [3.05, 3.63) is 36.0 Å². The molecule has 6 heteroatoms. The zero-order valence-electron chi connectivity index (χ0n) is 12.0. The van der Waals surface area contributed by atoms with Crippen molar-refractivity contribution in [3.8, 4) is 0 Å². The van der Waals surface area contributed by atoms with E-state index in [0.717, 1.165) is 10.9 Å². The highest BCUT2D eigenvalue weighted by atomic mass is 32.2. The number of aliphatic carboxylic acids is 1. The van der Waals surface area contributed by atoms with Crippen LogP contribution in [-0.2, 0) is 11.8 Å². The number of benzene rings is 1. The molecule has 0 spiro atoms. The van der Waals surface area contributed by atoms with Gasteiger partial charge in [-0.3, -0.25) is 4.79 Å². The van der Waals surface area contributed by atoms with Crippen LogP contribution in [0.15, 0.2) is 30.3 Å². The van der Waals surface area contributed by atoms with Crippen molar-refractivity contribution in [2.45, 2.75) is 12.5 Å². The van der Waals surface area contributed by atoms with E-state index in [2.05, 4.69) is 5.32 Å². The SMILES string of the molecule is CSCCC(NC(=O)c1cc2ccccc2n1C)C(=O)O. The van der Waals surface area contributed by atoms with Gasteiger partial charge in [-0.2, -0.15) is 11.8 Å². The van der Waals surface area contributed by atoms with E-state index >= 15 is 0 Å². The molecule has 0 aliphatic heterocycles. The van der Waals surface area contributed by atoms with E-state index in [-0.39, 0.29) is 5.91 Å². The van der Waals surface area contributed by atoms with Gasteiger partial charge in [-0.05, 0) is 30.6 Å². The molecule has 0 saturated carbocycles. The maximum atomic E-state index is 12.3. The lowest BCUT2D eigenvalue weighted by Gasteiger charge is -2.14. The van der Waals surface area contributed by atoms with Crippen molar-refractivity contribution < 1.29 is 14.7 Å². The number of carbonyl (C=O) groups is 2. The molecule has 5 nitrogen and oxygen atoms in total. The van der Waals surface area contributed by atoms with E-state index in [0.29, 0.717) is 17.9 Å². The zero-order valence-corrected chi connectivity index (χ0v) is 12.8. The van der Waals surface area contributed by atoms with Crippen LogP contribution in [-0.4, -0.2) is 39.6 Å². The quantitative estimate of drug-likeness (QED) is 0.857. The van der Waals surface area contributed by atoms with Crippen LogP contribution < -0.4 is 5.32 Å². The first kappa shape index (κ1) is 15.4. The number of thioether (sulfide) groups is 1. The van der Waals surface area contributed by atoms with Gasteiger partial charge in [0.15, 0.2) is 0 Å². The summed E-state index contributed by atoms with van der Waals surface area (Å²) >= 11 is 1.56. The second kappa shape index (κ2) is 6.67. The van der Waals surface area contributed by atoms with E-state index in [4.69, 9.17) is 0 Å². The summed E-state index contributed by atoms with van der Waals surface area (Å²) in [5.74, 6) is -0.676. The molecule has 1 unspecified atom stereocenters. The third-order valence-electron chi connectivity index (χ3n) is 3.40. The Morgan fingerprint density at radius 2 is 2.10 bits per heavy atom. The summed E-state index contributed by atoms with van der Waals surface area (Å²) in [5, 5.41) is 12.7.